The van der Waals surface area contributed by atoms with E-state index in [9.17, 15) is 50.6 Å². The van der Waals surface area contributed by atoms with Crippen molar-refractivity contribution < 1.29 is 55.4 Å². The van der Waals surface area contributed by atoms with Crippen molar-refractivity contribution in [3.05, 3.63) is 0 Å². The van der Waals surface area contributed by atoms with Crippen molar-refractivity contribution in [2.75, 3.05) is 19.7 Å². The summed E-state index contributed by atoms with van der Waals surface area (Å²) in [5.74, 6) is -5.24. The van der Waals surface area contributed by atoms with Gasteiger partial charge in [0.1, 0.15) is 12.6 Å². The molecule has 0 bridgehead atoms. The van der Waals surface area contributed by atoms with Gasteiger partial charge < -0.3 is 20.6 Å². The molecule has 1 spiro atoms. The Labute approximate surface area is 189 Å². The van der Waals surface area contributed by atoms with Gasteiger partial charge >= 0.3 is 12.5 Å². The number of nitrogens with zero attached hydrogens (tertiary/aromatic N) is 1. The van der Waals surface area contributed by atoms with Crippen LogP contribution in [-0.2, 0) is 23.9 Å². The normalized spacial score (nSPS) is 25.7. The highest BCUT2D eigenvalue weighted by atomic mass is 19.4. The minimum Gasteiger partial charge on any atom is -0.376 e. The summed E-state index contributed by atoms with van der Waals surface area (Å²) >= 11 is 0. The number of ether oxygens (including phenoxy) is 1. The Morgan fingerprint density at radius 3 is 2.35 bits per heavy atom. The summed E-state index contributed by atoms with van der Waals surface area (Å²) < 4.78 is 79.2. The zero-order valence-corrected chi connectivity index (χ0v) is 17.7. The number of carbonyl (C=O) groups is 4. The molecule has 2 saturated heterocycles. The number of rotatable bonds is 8. The lowest BCUT2D eigenvalue weighted by Crippen LogP contribution is -2.55. The zero-order valence-electron chi connectivity index (χ0n) is 17.7. The molecule has 15 heteroatoms. The number of aliphatic hydroxyl groups excluding tert-OH is 1. The summed E-state index contributed by atoms with van der Waals surface area (Å²) in [6.45, 7) is -1.40. The number of Topliss-reactive ketones (excluding diaryl/α,β-unsaturated/α-hetero) is 1. The predicted octanol–water partition coefficient (Wildman–Crippen LogP) is 0.407. The van der Waals surface area contributed by atoms with Gasteiger partial charge in [-0.3, -0.25) is 23.9 Å². The van der Waals surface area contributed by atoms with Crippen LogP contribution in [0.25, 0.3) is 0 Å². The number of ketones is 1. The molecule has 0 aromatic rings. The molecule has 192 valence electrons. The van der Waals surface area contributed by atoms with E-state index in [2.05, 4.69) is 15.4 Å². The molecule has 0 aromatic carbocycles. The van der Waals surface area contributed by atoms with Crippen LogP contribution in [0.2, 0.25) is 0 Å². The van der Waals surface area contributed by atoms with Gasteiger partial charge in [-0.1, -0.05) is 0 Å². The number of amides is 3. The Hall–Kier alpha value is -2.42. The highest BCUT2D eigenvalue weighted by Crippen LogP contribution is 2.55. The van der Waals surface area contributed by atoms with Crippen molar-refractivity contribution in [2.24, 2.45) is 11.3 Å². The van der Waals surface area contributed by atoms with Crippen molar-refractivity contribution in [3.63, 3.8) is 0 Å². The standard InChI is InChI=1S/C19H23F6N3O6/c20-18(21,22)13(30)16(33)28-8-17(2-3-17)6-11(28)15(32)27-10(5-9-1-4-26-14(9)31)12(29)7-34-19(23,24)25/h9-11,13,30H,1-8H2,(H,26,31)(H,27,32)/t9-,10?,11-,13?/m0/s1. The maximum atomic E-state index is 12.9. The Morgan fingerprint density at radius 1 is 1.21 bits per heavy atom. The average molecular weight is 503 g/mol. The van der Waals surface area contributed by atoms with Gasteiger partial charge in [-0.2, -0.15) is 13.2 Å². The van der Waals surface area contributed by atoms with Gasteiger partial charge in [0.15, 0.2) is 5.78 Å². The largest absolute Gasteiger partial charge is 0.522 e. The Morgan fingerprint density at radius 2 is 1.85 bits per heavy atom. The van der Waals surface area contributed by atoms with E-state index >= 15 is 0 Å². The first-order chi connectivity index (χ1) is 15.6. The Bertz CT molecular complexity index is 843. The molecule has 34 heavy (non-hydrogen) atoms. The van der Waals surface area contributed by atoms with E-state index in [4.69, 9.17) is 0 Å². The highest BCUT2D eigenvalue weighted by molar-refractivity contribution is 5.95. The molecule has 3 aliphatic rings. The Kier molecular flexibility index (Phi) is 7.18. The number of nitrogens with one attached hydrogen (secondary N) is 2. The highest BCUT2D eigenvalue weighted by Gasteiger charge is 2.58. The summed E-state index contributed by atoms with van der Waals surface area (Å²) in [5, 5.41) is 14.1. The molecule has 0 aromatic heterocycles. The smallest absolute Gasteiger partial charge is 0.376 e. The molecular weight excluding hydrogens is 480 g/mol. The first-order valence-electron chi connectivity index (χ1n) is 10.5. The predicted molar refractivity (Wildman–Crippen MR) is 98.5 cm³/mol. The van der Waals surface area contributed by atoms with Gasteiger partial charge in [0.05, 0.1) is 6.04 Å². The molecule has 2 aliphatic heterocycles. The number of alkyl halides is 6. The Balaban J connectivity index is 1.75. The SMILES string of the molecule is O=C(COC(F)(F)F)C(C[C@@H]1CCNC1=O)NC(=O)[C@@H]1CC2(CC2)CN1C(=O)C(O)C(F)(F)F. The molecular formula is C19H23F6N3O6. The van der Waals surface area contributed by atoms with Crippen molar-refractivity contribution in [1.29, 1.82) is 0 Å². The first kappa shape index (κ1) is 26.2. The molecule has 3 N–H and O–H groups in total. The summed E-state index contributed by atoms with van der Waals surface area (Å²) in [4.78, 5) is 50.1. The monoisotopic (exact) mass is 503 g/mol. The lowest BCUT2D eigenvalue weighted by molar-refractivity contribution is -0.321. The number of likely N-dealkylation sites (tertiary alicyclic amines) is 1. The van der Waals surface area contributed by atoms with Crippen LogP contribution in [0.5, 0.6) is 0 Å². The quantitative estimate of drug-likeness (QED) is 0.412. The first-order valence-corrected chi connectivity index (χ1v) is 10.5. The third-order valence-electron chi connectivity index (χ3n) is 6.36. The van der Waals surface area contributed by atoms with Crippen molar-refractivity contribution in [1.82, 2.24) is 15.5 Å². The van der Waals surface area contributed by atoms with Crippen LogP contribution in [0.1, 0.15) is 32.1 Å². The van der Waals surface area contributed by atoms with E-state index in [0.717, 1.165) is 0 Å². The van der Waals surface area contributed by atoms with E-state index < -0.39 is 72.2 Å². The van der Waals surface area contributed by atoms with Gasteiger partial charge in [0, 0.05) is 19.0 Å². The molecule has 1 saturated carbocycles. The van der Waals surface area contributed by atoms with E-state index in [1.807, 2.05) is 0 Å². The fourth-order valence-electron chi connectivity index (χ4n) is 4.31. The summed E-state index contributed by atoms with van der Waals surface area (Å²) in [5.41, 5.74) is -0.590. The maximum Gasteiger partial charge on any atom is 0.522 e. The fourth-order valence-corrected chi connectivity index (χ4v) is 4.31. The zero-order chi connectivity index (χ0) is 25.5. The minimum atomic E-state index is -5.26. The molecule has 9 nitrogen and oxygen atoms in total. The summed E-state index contributed by atoms with van der Waals surface area (Å²) in [6, 6.07) is -3.08. The van der Waals surface area contributed by atoms with E-state index in [0.29, 0.717) is 17.7 Å². The molecule has 0 radical (unpaired) electrons. The van der Waals surface area contributed by atoms with Gasteiger partial charge in [-0.05, 0) is 37.5 Å². The molecule has 1 aliphatic carbocycles. The van der Waals surface area contributed by atoms with Crippen LogP contribution < -0.4 is 10.6 Å². The third-order valence-corrected chi connectivity index (χ3v) is 6.36. The van der Waals surface area contributed by atoms with Crippen molar-refractivity contribution in [2.45, 2.75) is 62.8 Å². The van der Waals surface area contributed by atoms with Crippen LogP contribution in [0.15, 0.2) is 0 Å². The van der Waals surface area contributed by atoms with Crippen LogP contribution in [0.4, 0.5) is 26.3 Å². The van der Waals surface area contributed by atoms with Crippen LogP contribution in [0.3, 0.4) is 0 Å². The maximum absolute atomic E-state index is 12.9. The molecule has 2 heterocycles. The number of aliphatic hydroxyl groups is 1. The minimum absolute atomic E-state index is 0.0287. The van der Waals surface area contributed by atoms with Crippen LogP contribution in [0, 0.1) is 11.3 Å². The number of halogens is 6. The van der Waals surface area contributed by atoms with E-state index in [1.165, 1.54) is 0 Å². The van der Waals surface area contributed by atoms with Gasteiger partial charge in [0.2, 0.25) is 17.9 Å². The molecule has 3 amide bonds. The van der Waals surface area contributed by atoms with Gasteiger partial charge in [0.25, 0.3) is 5.91 Å². The lowest BCUT2D eigenvalue weighted by atomic mass is 9.95. The summed E-state index contributed by atoms with van der Waals surface area (Å²) in [7, 11) is 0. The summed E-state index contributed by atoms with van der Waals surface area (Å²) in [6.07, 6.45) is -12.8. The van der Waals surface area contributed by atoms with E-state index in [1.54, 1.807) is 0 Å². The molecule has 2 unspecified atom stereocenters. The molecule has 4 atom stereocenters. The molecule has 3 rings (SSSR count). The van der Waals surface area contributed by atoms with Crippen molar-refractivity contribution >= 4 is 23.5 Å². The molecule has 3 fully saturated rings. The number of hydrogen-bond acceptors (Lipinski definition) is 6. The second-order valence-corrected chi connectivity index (χ2v) is 8.90. The van der Waals surface area contributed by atoms with E-state index in [-0.39, 0.29) is 32.4 Å². The topological polar surface area (TPSA) is 125 Å². The van der Waals surface area contributed by atoms with Crippen LogP contribution in [-0.4, -0.2) is 83.9 Å². The second kappa shape index (κ2) is 9.32. The van der Waals surface area contributed by atoms with Crippen LogP contribution >= 0.6 is 0 Å². The third kappa shape index (κ3) is 6.17. The number of carbonyl (C=O) groups excluding carboxylic acids is 4. The second-order valence-electron chi connectivity index (χ2n) is 8.90. The van der Waals surface area contributed by atoms with Crippen molar-refractivity contribution in [3.8, 4) is 0 Å². The van der Waals surface area contributed by atoms with Gasteiger partial charge in [-0.25, -0.2) is 0 Å². The average Bonchev–Trinajstić information content (AvgIpc) is 3.18. The number of hydrogen-bond donors (Lipinski definition) is 3. The lowest BCUT2D eigenvalue weighted by Gasteiger charge is -2.28. The van der Waals surface area contributed by atoms with Gasteiger partial charge in [-0.15, -0.1) is 13.2 Å². The fraction of sp³-hybridized carbons (Fsp3) is 0.789.